The average Bonchev–Trinajstić information content (AvgIpc) is 2.41. The van der Waals surface area contributed by atoms with Gasteiger partial charge in [-0.05, 0) is 71.0 Å². The number of nitrogens with zero attached hydrogens (tertiary/aromatic N) is 2. The summed E-state index contributed by atoms with van der Waals surface area (Å²) >= 11 is 2.55. The number of hydrogen-bond acceptors (Lipinski definition) is 2. The summed E-state index contributed by atoms with van der Waals surface area (Å²) < 4.78 is 29.7. The van der Waals surface area contributed by atoms with Crippen molar-refractivity contribution in [2.24, 2.45) is 11.3 Å². The molecule has 2 nitrogen and oxygen atoms in total. The summed E-state index contributed by atoms with van der Waals surface area (Å²) in [6.07, 6.45) is 5.79. The van der Waals surface area contributed by atoms with Gasteiger partial charge in [0.15, 0.2) is 0 Å². The Labute approximate surface area is 147 Å². The Kier molecular flexibility index (Phi) is 5.07. The molecule has 1 aliphatic carbocycles. The molecule has 1 unspecified atom stereocenters. The molecule has 0 radical (unpaired) electrons. The zero-order chi connectivity index (χ0) is 16.0. The van der Waals surface area contributed by atoms with E-state index in [1.54, 1.807) is 0 Å². The first kappa shape index (κ1) is 17.3. The number of halogens is 3. The summed E-state index contributed by atoms with van der Waals surface area (Å²) in [5.74, 6) is -2.98. The molecule has 2 saturated heterocycles. The van der Waals surface area contributed by atoms with Crippen molar-refractivity contribution in [2.75, 3.05) is 32.7 Å². The first-order valence-corrected chi connectivity index (χ1v) is 10.0. The lowest BCUT2D eigenvalue weighted by Gasteiger charge is -2.51. The van der Waals surface area contributed by atoms with Crippen LogP contribution in [-0.4, -0.2) is 58.4 Å². The second-order valence-electron chi connectivity index (χ2n) is 8.12. The van der Waals surface area contributed by atoms with Crippen LogP contribution in [0.2, 0.25) is 0 Å². The van der Waals surface area contributed by atoms with E-state index in [1.807, 2.05) is 18.7 Å². The molecule has 1 spiro atoms. The second kappa shape index (κ2) is 6.43. The highest BCUT2D eigenvalue weighted by Crippen LogP contribution is 2.52. The first-order chi connectivity index (χ1) is 10.3. The van der Waals surface area contributed by atoms with E-state index in [4.69, 9.17) is 0 Å². The smallest absolute Gasteiger partial charge is 0.264 e. The molecule has 0 amide bonds. The maximum atomic E-state index is 14.4. The molecule has 0 aromatic rings. The lowest BCUT2D eigenvalue weighted by Crippen LogP contribution is -2.55. The zero-order valence-electron chi connectivity index (χ0n) is 13.8. The predicted octanol–water partition coefficient (Wildman–Crippen LogP) is 4.03. The largest absolute Gasteiger partial charge is 0.303 e. The maximum Gasteiger partial charge on any atom is 0.264 e. The van der Waals surface area contributed by atoms with E-state index < -0.39 is 11.8 Å². The van der Waals surface area contributed by atoms with Crippen molar-refractivity contribution >= 4 is 22.6 Å². The van der Waals surface area contributed by atoms with Crippen molar-refractivity contribution in [1.82, 2.24) is 9.80 Å². The third-order valence-corrected chi connectivity index (χ3v) is 7.09. The maximum absolute atomic E-state index is 14.4. The van der Waals surface area contributed by atoms with Crippen LogP contribution in [0.1, 0.15) is 46.0 Å². The van der Waals surface area contributed by atoms with Crippen LogP contribution in [0.25, 0.3) is 0 Å². The molecule has 0 aromatic carbocycles. The van der Waals surface area contributed by atoms with Gasteiger partial charge < -0.3 is 4.90 Å². The van der Waals surface area contributed by atoms with Crippen molar-refractivity contribution in [3.63, 3.8) is 0 Å². The molecule has 2 heterocycles. The molecule has 128 valence electrons. The van der Waals surface area contributed by atoms with Crippen LogP contribution in [0.3, 0.4) is 0 Å². The molecule has 3 aliphatic rings. The first-order valence-electron chi connectivity index (χ1n) is 8.78. The van der Waals surface area contributed by atoms with Crippen molar-refractivity contribution < 1.29 is 8.78 Å². The van der Waals surface area contributed by atoms with E-state index in [0.29, 0.717) is 18.4 Å². The summed E-state index contributed by atoms with van der Waals surface area (Å²) in [6.45, 7) is 7.46. The highest BCUT2D eigenvalue weighted by Gasteiger charge is 2.48. The average molecular weight is 426 g/mol. The highest BCUT2D eigenvalue weighted by atomic mass is 127. The fourth-order valence-corrected chi connectivity index (χ4v) is 6.36. The van der Waals surface area contributed by atoms with Gasteiger partial charge in [0.1, 0.15) is 0 Å². The number of rotatable bonds is 3. The molecule has 0 bridgehead atoms. The summed E-state index contributed by atoms with van der Waals surface area (Å²) in [6, 6.07) is 0.224. The summed E-state index contributed by atoms with van der Waals surface area (Å²) in [7, 11) is 0. The van der Waals surface area contributed by atoms with Gasteiger partial charge in [-0.1, -0.05) is 22.6 Å². The topological polar surface area (TPSA) is 6.48 Å². The van der Waals surface area contributed by atoms with Crippen molar-refractivity contribution in [1.29, 1.82) is 0 Å². The summed E-state index contributed by atoms with van der Waals surface area (Å²) in [5, 5.41) is 0. The number of piperidine rings is 2. The minimum absolute atomic E-state index is 0.0520. The van der Waals surface area contributed by atoms with Crippen LogP contribution in [0.4, 0.5) is 8.78 Å². The van der Waals surface area contributed by atoms with Crippen LogP contribution in [-0.2, 0) is 0 Å². The van der Waals surface area contributed by atoms with Gasteiger partial charge >= 0.3 is 0 Å². The van der Waals surface area contributed by atoms with E-state index in [9.17, 15) is 8.78 Å². The third-order valence-electron chi connectivity index (χ3n) is 6.21. The molecule has 3 rings (SSSR count). The highest BCUT2D eigenvalue weighted by molar-refractivity contribution is 14.1. The van der Waals surface area contributed by atoms with Crippen LogP contribution in [0, 0.1) is 11.3 Å². The van der Waals surface area contributed by atoms with Crippen LogP contribution in [0.15, 0.2) is 0 Å². The van der Waals surface area contributed by atoms with Crippen LogP contribution in [0.5, 0.6) is 0 Å². The quantitative estimate of drug-likeness (QED) is 0.497. The van der Waals surface area contributed by atoms with E-state index in [2.05, 4.69) is 27.5 Å². The zero-order valence-corrected chi connectivity index (χ0v) is 16.0. The molecule has 1 saturated carbocycles. The molecule has 0 N–H and O–H groups in total. The van der Waals surface area contributed by atoms with Gasteiger partial charge in [-0.2, -0.15) is 0 Å². The Hall–Kier alpha value is 0.510. The fourth-order valence-electron chi connectivity index (χ4n) is 4.49. The number of likely N-dealkylation sites (tertiary alicyclic amines) is 2. The van der Waals surface area contributed by atoms with Crippen LogP contribution < -0.4 is 0 Å². The molecule has 3 fully saturated rings. The Morgan fingerprint density at radius 2 is 1.77 bits per heavy atom. The van der Waals surface area contributed by atoms with Gasteiger partial charge in [0.25, 0.3) is 5.92 Å². The Balaban J connectivity index is 1.49. The molecular formula is C17H29F2IN2. The number of hydrogen-bond donors (Lipinski definition) is 0. The van der Waals surface area contributed by atoms with Gasteiger partial charge in [-0.15, -0.1) is 0 Å². The standard InChI is InChI=1S/C17H29F2IN2/c1-13(2)22-6-3-14(17(18,19)12-22)11-21-7-4-16(5-8-21)9-15(20)10-16/h13-15H,3-12H2,1-2H3. The lowest BCUT2D eigenvalue weighted by atomic mass is 9.63. The molecule has 2 aliphatic heterocycles. The van der Waals surface area contributed by atoms with E-state index in [-0.39, 0.29) is 12.6 Å². The summed E-state index contributed by atoms with van der Waals surface area (Å²) in [4.78, 5) is 4.24. The lowest BCUT2D eigenvalue weighted by molar-refractivity contribution is -0.127. The molecule has 5 heteroatoms. The van der Waals surface area contributed by atoms with E-state index in [1.165, 1.54) is 25.7 Å². The molecular weight excluding hydrogens is 397 g/mol. The van der Waals surface area contributed by atoms with Crippen molar-refractivity contribution in [3.8, 4) is 0 Å². The van der Waals surface area contributed by atoms with Gasteiger partial charge in [0.05, 0.1) is 6.54 Å². The Morgan fingerprint density at radius 3 is 2.27 bits per heavy atom. The SMILES string of the molecule is CC(C)N1CCC(CN2CCC3(CC2)CC(I)C3)C(F)(F)C1. The second-order valence-corrected chi connectivity index (χ2v) is 9.88. The minimum atomic E-state index is -2.53. The summed E-state index contributed by atoms with van der Waals surface area (Å²) in [5.41, 5.74) is 0.575. The molecule has 0 aromatic heterocycles. The Bertz CT molecular complexity index is 386. The normalized spacial score (nSPS) is 33.3. The van der Waals surface area contributed by atoms with Gasteiger partial charge in [-0.3, -0.25) is 4.90 Å². The number of alkyl halides is 3. The van der Waals surface area contributed by atoms with Gasteiger partial charge in [-0.25, -0.2) is 8.78 Å². The fraction of sp³-hybridized carbons (Fsp3) is 1.00. The Morgan fingerprint density at radius 1 is 1.14 bits per heavy atom. The third kappa shape index (κ3) is 3.61. The minimum Gasteiger partial charge on any atom is -0.303 e. The van der Waals surface area contributed by atoms with Gasteiger partial charge in [0, 0.05) is 22.4 Å². The van der Waals surface area contributed by atoms with Crippen LogP contribution >= 0.6 is 22.6 Å². The van der Waals surface area contributed by atoms with Crippen molar-refractivity contribution in [3.05, 3.63) is 0 Å². The van der Waals surface area contributed by atoms with Gasteiger partial charge in [0.2, 0.25) is 0 Å². The van der Waals surface area contributed by atoms with E-state index >= 15 is 0 Å². The van der Waals surface area contributed by atoms with E-state index in [0.717, 1.165) is 23.6 Å². The monoisotopic (exact) mass is 426 g/mol. The molecule has 1 atom stereocenters. The predicted molar refractivity (Wildman–Crippen MR) is 94.9 cm³/mol. The molecule has 22 heavy (non-hydrogen) atoms. The van der Waals surface area contributed by atoms with Crippen molar-refractivity contribution in [2.45, 2.75) is 61.8 Å².